The van der Waals surface area contributed by atoms with E-state index in [1.54, 1.807) is 0 Å². The number of hydrogen-bond donors (Lipinski definition) is 0. The molecule has 2 nitrogen and oxygen atoms in total. The van der Waals surface area contributed by atoms with E-state index in [9.17, 15) is 4.79 Å². The first kappa shape index (κ1) is 13.2. The fourth-order valence-corrected chi connectivity index (χ4v) is 4.21. The summed E-state index contributed by atoms with van der Waals surface area (Å²) in [4.78, 5) is 12.0. The van der Waals surface area contributed by atoms with Crippen LogP contribution < -0.4 is 0 Å². The van der Waals surface area contributed by atoms with Crippen LogP contribution in [-0.2, 0) is 14.9 Å². The Morgan fingerprint density at radius 1 is 1.05 bits per heavy atom. The molecule has 1 aromatic carbocycles. The second-order valence-electron chi connectivity index (χ2n) is 6.06. The van der Waals surface area contributed by atoms with E-state index in [-0.39, 0.29) is 11.4 Å². The number of ether oxygens (including phenoxy) is 1. The summed E-state index contributed by atoms with van der Waals surface area (Å²) in [7, 11) is 1.52. The zero-order valence-electron chi connectivity index (χ0n) is 11.2. The second-order valence-corrected chi connectivity index (χ2v) is 6.97. The molecule has 0 aliphatic heterocycles. The molecule has 0 atom stereocenters. The molecular weight excluding hydrogens is 304 g/mol. The Hall–Kier alpha value is -0.830. The molecule has 4 rings (SSSR count). The molecule has 3 fully saturated rings. The Morgan fingerprint density at radius 3 is 2.05 bits per heavy atom. The van der Waals surface area contributed by atoms with Crippen LogP contribution in [0.15, 0.2) is 28.7 Å². The maximum absolute atomic E-state index is 12.0. The van der Waals surface area contributed by atoms with Gasteiger partial charge in [-0.2, -0.15) is 0 Å². The van der Waals surface area contributed by atoms with Crippen LogP contribution in [0, 0.1) is 5.41 Å². The van der Waals surface area contributed by atoms with Gasteiger partial charge in [-0.25, -0.2) is 0 Å². The molecule has 0 N–H and O–H groups in total. The predicted octanol–water partition coefficient (Wildman–Crippen LogP) is 4.21. The summed E-state index contributed by atoms with van der Waals surface area (Å²) in [6, 6.07) is 8.72. The molecule has 0 spiro atoms. The van der Waals surface area contributed by atoms with Crippen molar-refractivity contribution in [3.8, 4) is 0 Å². The maximum Gasteiger partial charge on any atom is 0.311 e. The van der Waals surface area contributed by atoms with E-state index in [0.29, 0.717) is 5.41 Å². The number of esters is 1. The average Bonchev–Trinajstić information content (AvgIpc) is 2.49. The number of carbonyl (C=O) groups is 1. The van der Waals surface area contributed by atoms with Crippen LogP contribution in [0.4, 0.5) is 0 Å². The molecule has 3 aliphatic rings. The number of hydrogen-bond acceptors (Lipinski definition) is 2. The van der Waals surface area contributed by atoms with E-state index in [2.05, 4.69) is 40.2 Å². The zero-order chi connectivity index (χ0) is 13.5. The third-order valence-electron chi connectivity index (χ3n) is 5.32. The highest BCUT2D eigenvalue weighted by atomic mass is 79.9. The van der Waals surface area contributed by atoms with Crippen LogP contribution in [0.1, 0.15) is 44.1 Å². The molecule has 0 amide bonds. The van der Waals surface area contributed by atoms with E-state index in [0.717, 1.165) is 43.0 Å². The van der Waals surface area contributed by atoms with Gasteiger partial charge in [-0.3, -0.25) is 4.79 Å². The van der Waals surface area contributed by atoms with Crippen LogP contribution in [0.2, 0.25) is 0 Å². The molecule has 19 heavy (non-hydrogen) atoms. The molecule has 3 aliphatic carbocycles. The lowest BCUT2D eigenvalue weighted by Crippen LogP contribution is -2.48. The van der Waals surface area contributed by atoms with Crippen LogP contribution >= 0.6 is 15.9 Å². The molecule has 0 aromatic heterocycles. The minimum atomic E-state index is -0.175. The summed E-state index contributed by atoms with van der Waals surface area (Å²) in [6.45, 7) is 0. The monoisotopic (exact) mass is 322 g/mol. The molecule has 0 radical (unpaired) electrons. The van der Waals surface area contributed by atoms with Crippen molar-refractivity contribution in [1.82, 2.24) is 0 Å². The van der Waals surface area contributed by atoms with E-state index < -0.39 is 0 Å². The van der Waals surface area contributed by atoms with Gasteiger partial charge in [0, 0.05) is 4.47 Å². The largest absolute Gasteiger partial charge is 0.469 e. The van der Waals surface area contributed by atoms with Gasteiger partial charge in [-0.1, -0.05) is 28.1 Å². The lowest BCUT2D eigenvalue weighted by Gasteiger charge is -2.52. The average molecular weight is 323 g/mol. The van der Waals surface area contributed by atoms with Crippen molar-refractivity contribution in [2.24, 2.45) is 5.41 Å². The van der Waals surface area contributed by atoms with Crippen molar-refractivity contribution in [3.63, 3.8) is 0 Å². The van der Waals surface area contributed by atoms with Crippen molar-refractivity contribution < 1.29 is 9.53 Å². The van der Waals surface area contributed by atoms with Gasteiger partial charge in [0.1, 0.15) is 0 Å². The number of carbonyl (C=O) groups excluding carboxylic acids is 1. The lowest BCUT2D eigenvalue weighted by atomic mass is 9.52. The molecule has 102 valence electrons. The quantitative estimate of drug-likeness (QED) is 0.762. The molecule has 1 aromatic rings. The van der Waals surface area contributed by atoms with E-state index in [1.165, 1.54) is 12.7 Å². The first-order valence-corrected chi connectivity index (χ1v) is 7.74. The third-order valence-corrected chi connectivity index (χ3v) is 5.85. The standard InChI is InChI=1S/C16H19BrO2/c1-19-14(18)16-9-6-15(7-10-16,8-11-16)12-2-4-13(17)5-3-12/h2-5H,6-11H2,1H3. The number of methoxy groups -OCH3 is 1. The van der Waals surface area contributed by atoms with Gasteiger partial charge < -0.3 is 4.74 Å². The normalized spacial score (nSPS) is 33.2. The summed E-state index contributed by atoms with van der Waals surface area (Å²) in [5.74, 6) is 0.0107. The number of benzene rings is 1. The minimum Gasteiger partial charge on any atom is -0.469 e. The second kappa shape index (κ2) is 4.62. The Morgan fingerprint density at radius 2 is 1.58 bits per heavy atom. The van der Waals surface area contributed by atoms with Gasteiger partial charge in [-0.05, 0) is 61.6 Å². The van der Waals surface area contributed by atoms with E-state index in [4.69, 9.17) is 4.74 Å². The number of fused-ring (bicyclic) bond motifs is 3. The summed E-state index contributed by atoms with van der Waals surface area (Å²) >= 11 is 3.49. The first-order valence-electron chi connectivity index (χ1n) is 6.95. The SMILES string of the molecule is COC(=O)C12CCC(c3ccc(Br)cc3)(CC1)CC2. The molecule has 0 saturated heterocycles. The zero-order valence-corrected chi connectivity index (χ0v) is 12.8. The van der Waals surface area contributed by atoms with Crippen molar-refractivity contribution in [3.05, 3.63) is 34.3 Å². The summed E-state index contributed by atoms with van der Waals surface area (Å²) in [5.41, 5.74) is 1.57. The van der Waals surface area contributed by atoms with Crippen LogP contribution in [-0.4, -0.2) is 13.1 Å². The van der Waals surface area contributed by atoms with Crippen LogP contribution in [0.5, 0.6) is 0 Å². The highest BCUT2D eigenvalue weighted by Gasteiger charge is 2.53. The van der Waals surface area contributed by atoms with Gasteiger partial charge in [0.05, 0.1) is 12.5 Å². The van der Waals surface area contributed by atoms with Crippen LogP contribution in [0.3, 0.4) is 0 Å². The highest BCUT2D eigenvalue weighted by Crippen LogP contribution is 2.58. The minimum absolute atomic E-state index is 0.0107. The summed E-state index contributed by atoms with van der Waals surface area (Å²) < 4.78 is 6.15. The Bertz CT molecular complexity index is 467. The molecule has 3 heteroatoms. The first-order chi connectivity index (χ1) is 9.10. The topological polar surface area (TPSA) is 26.3 Å². The van der Waals surface area contributed by atoms with Gasteiger partial charge in [-0.15, -0.1) is 0 Å². The Balaban J connectivity index is 1.85. The van der Waals surface area contributed by atoms with Crippen molar-refractivity contribution in [1.29, 1.82) is 0 Å². The Kier molecular flexibility index (Phi) is 3.20. The predicted molar refractivity (Wildman–Crippen MR) is 78.0 cm³/mol. The highest BCUT2D eigenvalue weighted by molar-refractivity contribution is 9.10. The summed E-state index contributed by atoms with van der Waals surface area (Å²) in [6.07, 6.45) is 6.29. The number of rotatable bonds is 2. The van der Waals surface area contributed by atoms with E-state index >= 15 is 0 Å². The van der Waals surface area contributed by atoms with E-state index in [1.807, 2.05) is 0 Å². The van der Waals surface area contributed by atoms with Crippen LogP contribution in [0.25, 0.3) is 0 Å². The fraction of sp³-hybridized carbons (Fsp3) is 0.562. The number of halogens is 1. The molecule has 0 unspecified atom stereocenters. The van der Waals surface area contributed by atoms with Crippen molar-refractivity contribution in [2.75, 3.05) is 7.11 Å². The Labute approximate surface area is 122 Å². The lowest BCUT2D eigenvalue weighted by molar-refractivity contribution is -0.160. The van der Waals surface area contributed by atoms with Gasteiger partial charge in [0.15, 0.2) is 0 Å². The van der Waals surface area contributed by atoms with Gasteiger partial charge >= 0.3 is 5.97 Å². The van der Waals surface area contributed by atoms with Crippen molar-refractivity contribution in [2.45, 2.75) is 43.9 Å². The molecule has 0 heterocycles. The smallest absolute Gasteiger partial charge is 0.311 e. The molecule has 3 saturated carbocycles. The fourth-order valence-electron chi connectivity index (χ4n) is 3.94. The summed E-state index contributed by atoms with van der Waals surface area (Å²) in [5, 5.41) is 0. The van der Waals surface area contributed by atoms with Gasteiger partial charge in [0.25, 0.3) is 0 Å². The molecule has 2 bridgehead atoms. The molecular formula is C16H19BrO2. The third kappa shape index (κ3) is 2.03. The maximum atomic E-state index is 12.0. The van der Waals surface area contributed by atoms with Gasteiger partial charge in [0.2, 0.25) is 0 Å². The van der Waals surface area contributed by atoms with Crippen molar-refractivity contribution >= 4 is 21.9 Å².